The van der Waals surface area contributed by atoms with Crippen LogP contribution in [0.5, 0.6) is 0 Å². The van der Waals surface area contributed by atoms with Gasteiger partial charge < -0.3 is 9.66 Å². The fraction of sp³-hybridized carbons (Fsp3) is 0.688. The van der Waals surface area contributed by atoms with Gasteiger partial charge in [-0.3, -0.25) is 0 Å². The second-order valence-electron chi connectivity index (χ2n) is 7.10. The van der Waals surface area contributed by atoms with Crippen LogP contribution in [0.25, 0.3) is 0 Å². The summed E-state index contributed by atoms with van der Waals surface area (Å²) in [6, 6.07) is 4.46. The van der Waals surface area contributed by atoms with Crippen LogP contribution in [0.2, 0.25) is 5.15 Å². The Morgan fingerprint density at radius 1 is 1.43 bits per heavy atom. The van der Waals surface area contributed by atoms with Crippen LogP contribution < -0.4 is 4.72 Å². The van der Waals surface area contributed by atoms with Gasteiger partial charge in [-0.1, -0.05) is 17.7 Å². The Hall–Kier alpha value is -0.400. The van der Waals surface area contributed by atoms with Crippen molar-refractivity contribution in [2.24, 2.45) is 0 Å². The lowest BCUT2D eigenvalue weighted by atomic mass is 9.78. The number of rotatable bonds is 4. The molecule has 0 spiro atoms. The van der Waals surface area contributed by atoms with E-state index in [0.29, 0.717) is 23.7 Å². The van der Waals surface area contributed by atoms with Gasteiger partial charge in [-0.25, -0.2) is 9.37 Å². The molecule has 2 atom stereocenters. The second-order valence-corrected chi connectivity index (χ2v) is 9.48. The molecule has 0 amide bonds. The van der Waals surface area contributed by atoms with E-state index in [-0.39, 0.29) is 12.8 Å². The Balaban J connectivity index is 2.31. The number of nitrogens with one attached hydrogen (secondary N) is 1. The van der Waals surface area contributed by atoms with E-state index in [2.05, 4.69) is 9.71 Å². The first-order valence-electron chi connectivity index (χ1n) is 7.79. The first-order chi connectivity index (χ1) is 10.6. The van der Waals surface area contributed by atoms with E-state index in [1.807, 2.05) is 20.8 Å². The van der Waals surface area contributed by atoms with Crippen LogP contribution in [-0.4, -0.2) is 31.2 Å². The number of aliphatic hydroxyl groups is 1. The minimum Gasteiger partial charge on any atom is -0.598 e. The van der Waals surface area contributed by atoms with E-state index in [1.165, 1.54) is 0 Å². The summed E-state index contributed by atoms with van der Waals surface area (Å²) in [6.07, 6.45) is 0.272. The molecule has 1 heterocycles. The molecular formula is C16H24ClFN2O2S. The summed E-state index contributed by atoms with van der Waals surface area (Å²) in [7, 11) is 0. The highest BCUT2D eigenvalue weighted by Gasteiger charge is 2.45. The van der Waals surface area contributed by atoms with Crippen molar-refractivity contribution in [1.29, 1.82) is 0 Å². The first-order valence-corrected chi connectivity index (χ1v) is 9.31. The average molecular weight is 363 g/mol. The summed E-state index contributed by atoms with van der Waals surface area (Å²) in [5, 5.41) is 11.4. The molecule has 0 saturated heterocycles. The van der Waals surface area contributed by atoms with Gasteiger partial charge >= 0.3 is 0 Å². The molecule has 2 rings (SSSR count). The van der Waals surface area contributed by atoms with Gasteiger partial charge in [0.15, 0.2) is 0 Å². The van der Waals surface area contributed by atoms with E-state index < -0.39 is 33.9 Å². The molecule has 1 aliphatic carbocycles. The SMILES string of the molecule is CC(C)(C)[S+]([O-])N[C@@H](c1cccc(Cl)n1)[C@]1(O)CC[C@@H](F)CC1. The number of halogens is 2. The molecule has 1 unspecified atom stereocenters. The number of pyridine rings is 1. The summed E-state index contributed by atoms with van der Waals surface area (Å²) < 4.78 is 28.5. The van der Waals surface area contributed by atoms with Gasteiger partial charge in [-0.15, -0.1) is 4.72 Å². The van der Waals surface area contributed by atoms with Crippen LogP contribution in [0.15, 0.2) is 18.2 Å². The molecular weight excluding hydrogens is 339 g/mol. The highest BCUT2D eigenvalue weighted by molar-refractivity contribution is 7.90. The first kappa shape index (κ1) is 18.9. The quantitative estimate of drug-likeness (QED) is 0.635. The number of hydrogen-bond donors (Lipinski definition) is 2. The van der Waals surface area contributed by atoms with Crippen molar-refractivity contribution in [3.63, 3.8) is 0 Å². The molecule has 1 aromatic heterocycles. The molecule has 1 saturated carbocycles. The number of aromatic nitrogens is 1. The Kier molecular flexibility index (Phi) is 5.95. The van der Waals surface area contributed by atoms with E-state index in [0.717, 1.165) is 0 Å². The van der Waals surface area contributed by atoms with Gasteiger partial charge in [0.25, 0.3) is 0 Å². The predicted molar refractivity (Wildman–Crippen MR) is 91.3 cm³/mol. The van der Waals surface area contributed by atoms with Crippen molar-refractivity contribution < 1.29 is 14.0 Å². The fourth-order valence-corrected chi connectivity index (χ4v) is 3.76. The van der Waals surface area contributed by atoms with Crippen molar-refractivity contribution in [2.45, 2.75) is 69.0 Å². The third-order valence-corrected chi connectivity index (χ3v) is 5.90. The van der Waals surface area contributed by atoms with Gasteiger partial charge in [0.05, 0.1) is 11.3 Å². The van der Waals surface area contributed by atoms with Gasteiger partial charge in [0, 0.05) is 11.4 Å². The zero-order valence-electron chi connectivity index (χ0n) is 13.7. The smallest absolute Gasteiger partial charge is 0.136 e. The fourth-order valence-electron chi connectivity index (χ4n) is 2.69. The Labute approximate surface area is 145 Å². The highest BCUT2D eigenvalue weighted by Crippen LogP contribution is 2.40. The summed E-state index contributed by atoms with van der Waals surface area (Å²) in [5.74, 6) is 0. The predicted octanol–water partition coefficient (Wildman–Crippen LogP) is 3.47. The third-order valence-electron chi connectivity index (χ3n) is 4.13. The minimum absolute atomic E-state index is 0.289. The molecule has 2 N–H and O–H groups in total. The van der Waals surface area contributed by atoms with E-state index in [4.69, 9.17) is 11.6 Å². The van der Waals surface area contributed by atoms with Crippen molar-refractivity contribution >= 4 is 23.0 Å². The maximum atomic E-state index is 13.5. The average Bonchev–Trinajstić information content (AvgIpc) is 2.46. The van der Waals surface area contributed by atoms with Crippen molar-refractivity contribution in [3.05, 3.63) is 29.0 Å². The van der Waals surface area contributed by atoms with Crippen LogP contribution in [0, 0.1) is 0 Å². The van der Waals surface area contributed by atoms with Gasteiger partial charge in [-0.05, 0) is 58.6 Å². The lowest BCUT2D eigenvalue weighted by molar-refractivity contribution is -0.0418. The normalized spacial score (nSPS) is 28.4. The summed E-state index contributed by atoms with van der Waals surface area (Å²) >= 11 is 4.57. The molecule has 1 fully saturated rings. The molecule has 1 aromatic rings. The van der Waals surface area contributed by atoms with Crippen LogP contribution in [0.3, 0.4) is 0 Å². The van der Waals surface area contributed by atoms with Crippen LogP contribution in [0.1, 0.15) is 58.2 Å². The lowest BCUT2D eigenvalue weighted by Gasteiger charge is -2.40. The van der Waals surface area contributed by atoms with Gasteiger partial charge in [0.2, 0.25) is 0 Å². The van der Waals surface area contributed by atoms with Crippen LogP contribution in [-0.2, 0) is 11.4 Å². The summed E-state index contributed by atoms with van der Waals surface area (Å²) in [6.45, 7) is 5.54. The van der Waals surface area contributed by atoms with Crippen molar-refractivity contribution in [1.82, 2.24) is 9.71 Å². The largest absolute Gasteiger partial charge is 0.598 e. The van der Waals surface area contributed by atoms with E-state index in [1.54, 1.807) is 18.2 Å². The van der Waals surface area contributed by atoms with E-state index in [9.17, 15) is 14.0 Å². The zero-order chi connectivity index (χ0) is 17.3. The molecule has 0 radical (unpaired) electrons. The molecule has 0 bridgehead atoms. The van der Waals surface area contributed by atoms with Crippen molar-refractivity contribution in [2.75, 3.05) is 0 Å². The summed E-state index contributed by atoms with van der Waals surface area (Å²) in [4.78, 5) is 4.26. The van der Waals surface area contributed by atoms with Crippen LogP contribution >= 0.6 is 11.6 Å². The topological polar surface area (TPSA) is 68.2 Å². The highest BCUT2D eigenvalue weighted by atomic mass is 35.5. The third kappa shape index (κ3) is 4.79. The molecule has 0 aromatic carbocycles. The Morgan fingerprint density at radius 2 is 2.04 bits per heavy atom. The zero-order valence-corrected chi connectivity index (χ0v) is 15.3. The van der Waals surface area contributed by atoms with Gasteiger partial charge in [-0.2, -0.15) is 0 Å². The number of alkyl halides is 1. The second kappa shape index (κ2) is 7.23. The number of nitrogens with zero attached hydrogens (tertiary/aromatic N) is 1. The molecule has 0 aliphatic heterocycles. The summed E-state index contributed by atoms with van der Waals surface area (Å²) in [5.41, 5.74) is -0.670. The maximum absolute atomic E-state index is 13.5. The molecule has 4 nitrogen and oxygen atoms in total. The minimum atomic E-state index is -1.40. The number of hydrogen-bond acceptors (Lipinski definition) is 4. The lowest BCUT2D eigenvalue weighted by Crippen LogP contribution is -2.52. The van der Waals surface area contributed by atoms with E-state index >= 15 is 0 Å². The van der Waals surface area contributed by atoms with Gasteiger partial charge in [0.1, 0.15) is 22.1 Å². The molecule has 1 aliphatic rings. The molecule has 7 heteroatoms. The van der Waals surface area contributed by atoms with Crippen LogP contribution in [0.4, 0.5) is 4.39 Å². The van der Waals surface area contributed by atoms with Crippen molar-refractivity contribution in [3.8, 4) is 0 Å². The Morgan fingerprint density at radius 3 is 2.57 bits per heavy atom. The standard InChI is InChI=1S/C16H24ClFN2O2S/c1-15(2,3)23(22)20-14(12-5-4-6-13(17)19-12)16(21)9-7-11(18)8-10-16/h4-6,11,14,20-21H,7-10H2,1-3H3/t11-,14-,16+,23?/m0/s1. The molecule has 23 heavy (non-hydrogen) atoms. The monoisotopic (exact) mass is 362 g/mol. The maximum Gasteiger partial charge on any atom is 0.136 e. The molecule has 130 valence electrons. The Bertz CT molecular complexity index is 533.